The highest BCUT2D eigenvalue weighted by Gasteiger charge is 2.25. The molecule has 0 saturated carbocycles. The van der Waals surface area contributed by atoms with E-state index in [0.29, 0.717) is 10.8 Å². The van der Waals surface area contributed by atoms with Crippen LogP contribution in [-0.2, 0) is 6.42 Å². The number of aromatic nitrogens is 2. The minimum Gasteiger partial charge on any atom is -0.369 e. The third kappa shape index (κ3) is 1.64. The summed E-state index contributed by atoms with van der Waals surface area (Å²) in [5.41, 5.74) is 7.97. The molecule has 3 rings (SSSR count). The maximum atomic E-state index is 11.3. The van der Waals surface area contributed by atoms with Crippen molar-refractivity contribution in [2.45, 2.75) is 6.42 Å². The fourth-order valence-corrected chi connectivity index (χ4v) is 2.39. The number of hydrogen-bond donors (Lipinski definition) is 2. The lowest BCUT2D eigenvalue weighted by atomic mass is 10.1. The van der Waals surface area contributed by atoms with Gasteiger partial charge in [-0.05, 0) is 18.6 Å². The second-order valence-corrected chi connectivity index (χ2v) is 4.55. The maximum Gasteiger partial charge on any atom is 0.341 e. The molecular weight excluding hydrogens is 252 g/mol. The fourth-order valence-electron chi connectivity index (χ4n) is 2.20. The van der Waals surface area contributed by atoms with Crippen LogP contribution in [0.25, 0.3) is 11.3 Å². The summed E-state index contributed by atoms with van der Waals surface area (Å²) >= 11 is 5.97. The van der Waals surface area contributed by atoms with Gasteiger partial charge in [-0.3, -0.25) is 0 Å². The van der Waals surface area contributed by atoms with Crippen LogP contribution in [0.2, 0.25) is 5.02 Å². The molecule has 0 bridgehead atoms. The number of benzene rings is 1. The lowest BCUT2D eigenvalue weighted by Crippen LogP contribution is -2.22. The predicted octanol–water partition coefficient (Wildman–Crippen LogP) is 2.10. The zero-order chi connectivity index (χ0) is 12.7. The molecule has 92 valence electrons. The first kappa shape index (κ1) is 11.1. The van der Waals surface area contributed by atoms with E-state index in [1.54, 1.807) is 6.07 Å². The van der Waals surface area contributed by atoms with Crippen LogP contribution in [0, 0.1) is 0 Å². The van der Waals surface area contributed by atoms with Crippen LogP contribution in [0.15, 0.2) is 24.3 Å². The molecule has 2 heterocycles. The van der Waals surface area contributed by atoms with Gasteiger partial charge in [0.15, 0.2) is 0 Å². The Labute approximate surface area is 109 Å². The first-order chi connectivity index (χ1) is 8.66. The third-order valence-corrected chi connectivity index (χ3v) is 3.19. The van der Waals surface area contributed by atoms with Gasteiger partial charge in [0.2, 0.25) is 0 Å². The van der Waals surface area contributed by atoms with E-state index in [1.807, 2.05) is 18.2 Å². The lowest BCUT2D eigenvalue weighted by Gasteiger charge is -2.00. The highest BCUT2D eigenvalue weighted by Crippen LogP contribution is 2.33. The molecule has 1 aromatic heterocycles. The average Bonchev–Trinajstić information content (AvgIpc) is 2.88. The Bertz CT molecular complexity index is 635. The molecular formula is C12H11ClN4O. The summed E-state index contributed by atoms with van der Waals surface area (Å²) in [5.74, 6) is 0.692. The Morgan fingerprint density at radius 1 is 1.50 bits per heavy atom. The molecule has 0 aliphatic carbocycles. The largest absolute Gasteiger partial charge is 0.369 e. The molecule has 1 aliphatic rings. The maximum absolute atomic E-state index is 11.3. The number of anilines is 1. The number of nitrogens with zero attached hydrogens (tertiary/aromatic N) is 2. The zero-order valence-electron chi connectivity index (χ0n) is 9.48. The molecule has 3 N–H and O–H groups in total. The number of nitrogens with one attached hydrogen (secondary N) is 1. The minimum absolute atomic E-state index is 0.589. The number of nitrogens with two attached hydrogens (primary N) is 1. The lowest BCUT2D eigenvalue weighted by molar-refractivity contribution is 0.248. The number of amides is 1. The van der Waals surface area contributed by atoms with E-state index in [0.717, 1.165) is 29.8 Å². The van der Waals surface area contributed by atoms with Crippen molar-refractivity contribution >= 4 is 23.4 Å². The molecule has 1 aliphatic heterocycles. The Balaban J connectivity index is 2.19. The molecule has 6 heteroatoms. The van der Waals surface area contributed by atoms with Gasteiger partial charge in [-0.25, -0.2) is 4.79 Å². The summed E-state index contributed by atoms with van der Waals surface area (Å²) in [6, 6.07) is 6.81. The van der Waals surface area contributed by atoms with Crippen molar-refractivity contribution in [3.63, 3.8) is 0 Å². The second kappa shape index (κ2) is 4.03. The quantitative estimate of drug-likeness (QED) is 0.827. The summed E-state index contributed by atoms with van der Waals surface area (Å²) < 4.78 is 1.21. The molecule has 0 saturated heterocycles. The summed E-state index contributed by atoms with van der Waals surface area (Å²) in [4.78, 5) is 11.3. The summed E-state index contributed by atoms with van der Waals surface area (Å²) in [6.07, 6.45) is 0.824. The van der Waals surface area contributed by atoms with Gasteiger partial charge in [-0.2, -0.15) is 9.78 Å². The van der Waals surface area contributed by atoms with Crippen molar-refractivity contribution in [1.82, 2.24) is 9.78 Å². The number of fused-ring (bicyclic) bond motifs is 1. The van der Waals surface area contributed by atoms with Crippen molar-refractivity contribution in [3.8, 4) is 11.3 Å². The van der Waals surface area contributed by atoms with Crippen molar-refractivity contribution in [2.75, 3.05) is 11.9 Å². The smallest absolute Gasteiger partial charge is 0.341 e. The van der Waals surface area contributed by atoms with Crippen LogP contribution in [0.4, 0.5) is 10.6 Å². The Hall–Kier alpha value is -2.01. The van der Waals surface area contributed by atoms with E-state index in [2.05, 4.69) is 10.4 Å². The third-order valence-electron chi connectivity index (χ3n) is 2.96. The zero-order valence-corrected chi connectivity index (χ0v) is 10.2. The highest BCUT2D eigenvalue weighted by atomic mass is 35.5. The highest BCUT2D eigenvalue weighted by molar-refractivity contribution is 6.30. The Morgan fingerprint density at radius 2 is 2.33 bits per heavy atom. The van der Waals surface area contributed by atoms with Crippen LogP contribution in [-0.4, -0.2) is 22.4 Å². The molecule has 1 aromatic carbocycles. The topological polar surface area (TPSA) is 72.9 Å². The van der Waals surface area contributed by atoms with Gasteiger partial charge in [-0.15, -0.1) is 0 Å². The van der Waals surface area contributed by atoms with Crippen molar-refractivity contribution in [3.05, 3.63) is 34.9 Å². The van der Waals surface area contributed by atoms with Gasteiger partial charge in [-0.1, -0.05) is 23.7 Å². The number of hydrogen-bond acceptors (Lipinski definition) is 3. The van der Waals surface area contributed by atoms with Crippen LogP contribution in [0.3, 0.4) is 0 Å². The van der Waals surface area contributed by atoms with Crippen molar-refractivity contribution < 1.29 is 4.79 Å². The molecule has 18 heavy (non-hydrogen) atoms. The second-order valence-electron chi connectivity index (χ2n) is 4.11. The first-order valence-corrected chi connectivity index (χ1v) is 5.96. The molecule has 0 unspecified atom stereocenters. The number of primary amides is 1. The number of halogens is 1. The van der Waals surface area contributed by atoms with Gasteiger partial charge in [0.05, 0.1) is 5.69 Å². The molecule has 1 amide bonds. The van der Waals surface area contributed by atoms with Gasteiger partial charge in [0.1, 0.15) is 5.82 Å². The van der Waals surface area contributed by atoms with Crippen LogP contribution in [0.1, 0.15) is 5.56 Å². The van der Waals surface area contributed by atoms with Gasteiger partial charge < -0.3 is 11.1 Å². The number of carbonyl (C=O) groups is 1. The van der Waals surface area contributed by atoms with E-state index in [9.17, 15) is 4.79 Å². The van der Waals surface area contributed by atoms with Crippen LogP contribution in [0.5, 0.6) is 0 Å². The summed E-state index contributed by atoms with van der Waals surface area (Å²) in [5, 5.41) is 8.02. The van der Waals surface area contributed by atoms with Gasteiger partial charge >= 0.3 is 6.03 Å². The van der Waals surface area contributed by atoms with E-state index in [4.69, 9.17) is 17.3 Å². The molecule has 0 radical (unpaired) electrons. The molecule has 0 atom stereocenters. The molecule has 0 fully saturated rings. The SMILES string of the molecule is NC(=O)n1nc(-c2cccc(Cl)c2)c2c1NCC2. The summed E-state index contributed by atoms with van der Waals surface area (Å²) in [7, 11) is 0. The van der Waals surface area contributed by atoms with E-state index < -0.39 is 6.03 Å². The first-order valence-electron chi connectivity index (χ1n) is 5.58. The Morgan fingerprint density at radius 3 is 3.06 bits per heavy atom. The van der Waals surface area contributed by atoms with Crippen LogP contribution >= 0.6 is 11.6 Å². The normalized spacial score (nSPS) is 13.2. The molecule has 2 aromatic rings. The number of carbonyl (C=O) groups excluding carboxylic acids is 1. The summed E-state index contributed by atoms with van der Waals surface area (Å²) in [6.45, 7) is 0.786. The van der Waals surface area contributed by atoms with Crippen molar-refractivity contribution in [1.29, 1.82) is 0 Å². The fraction of sp³-hybridized carbons (Fsp3) is 0.167. The Kier molecular flexibility index (Phi) is 2.48. The average molecular weight is 263 g/mol. The van der Waals surface area contributed by atoms with Crippen LogP contribution < -0.4 is 11.1 Å². The van der Waals surface area contributed by atoms with E-state index in [-0.39, 0.29) is 0 Å². The van der Waals surface area contributed by atoms with Gasteiger partial charge in [0.25, 0.3) is 0 Å². The van der Waals surface area contributed by atoms with Gasteiger partial charge in [0, 0.05) is 22.7 Å². The standard InChI is InChI=1S/C12H11ClN4O/c13-8-3-1-2-7(6-8)10-9-4-5-15-11(9)17(16-10)12(14)18/h1-3,6,15H,4-5H2,(H2,14,18). The monoisotopic (exact) mass is 262 g/mol. The number of rotatable bonds is 1. The van der Waals surface area contributed by atoms with E-state index >= 15 is 0 Å². The minimum atomic E-state index is -0.589. The van der Waals surface area contributed by atoms with E-state index in [1.165, 1.54) is 4.68 Å². The van der Waals surface area contributed by atoms with Crippen molar-refractivity contribution in [2.24, 2.45) is 5.73 Å². The molecule has 5 nitrogen and oxygen atoms in total. The molecule has 0 spiro atoms. The predicted molar refractivity (Wildman–Crippen MR) is 69.8 cm³/mol.